The van der Waals surface area contributed by atoms with Gasteiger partial charge in [-0.25, -0.2) is 4.99 Å². The number of rotatable bonds is 2. The van der Waals surface area contributed by atoms with E-state index in [1.165, 1.54) is 0 Å². The average Bonchev–Trinajstić information content (AvgIpc) is 2.16. The largest absolute Gasteiger partial charge is 0.388 e. The van der Waals surface area contributed by atoms with Gasteiger partial charge in [-0.3, -0.25) is 10.7 Å². The van der Waals surface area contributed by atoms with E-state index in [9.17, 15) is 0 Å². The lowest BCUT2D eigenvalue weighted by Crippen LogP contribution is -2.22. The number of hydrogen-bond acceptors (Lipinski definition) is 3. The molecule has 0 atom stereocenters. The van der Waals surface area contributed by atoms with E-state index >= 15 is 0 Å². The molecule has 0 radical (unpaired) electrons. The van der Waals surface area contributed by atoms with Crippen LogP contribution in [-0.2, 0) is 0 Å². The minimum atomic E-state index is -0.314. The smallest absolute Gasteiger partial charge is 0.151 e. The van der Waals surface area contributed by atoms with Crippen LogP contribution in [0.3, 0.4) is 0 Å². The molecular formula is C8H10N2O2. The number of nitrogens with one attached hydrogen (secondary N) is 1. The van der Waals surface area contributed by atoms with Gasteiger partial charge in [-0.1, -0.05) is 18.2 Å². The fourth-order valence-corrected chi connectivity index (χ4v) is 0.754. The van der Waals surface area contributed by atoms with Gasteiger partial charge in [-0.2, -0.15) is 0 Å². The molecule has 0 heterocycles. The van der Waals surface area contributed by atoms with Crippen molar-refractivity contribution >= 4 is 11.5 Å². The maximum atomic E-state index is 8.63. The van der Waals surface area contributed by atoms with E-state index in [-0.39, 0.29) is 12.4 Å². The van der Waals surface area contributed by atoms with E-state index in [2.05, 4.69) is 4.99 Å². The monoisotopic (exact) mass is 166 g/mol. The van der Waals surface area contributed by atoms with Gasteiger partial charge in [0.05, 0.1) is 5.69 Å². The van der Waals surface area contributed by atoms with Gasteiger partial charge in [0.25, 0.3) is 0 Å². The molecule has 0 aliphatic rings. The summed E-state index contributed by atoms with van der Waals surface area (Å²) in [5.41, 5.74) is 2.48. The summed E-state index contributed by atoms with van der Waals surface area (Å²) in [6.07, 6.45) is 0. The van der Waals surface area contributed by atoms with Crippen molar-refractivity contribution in [2.45, 2.75) is 0 Å². The molecule has 0 unspecified atom stereocenters. The number of aliphatic hydroxyl groups excluding tert-OH is 1. The van der Waals surface area contributed by atoms with Crippen molar-refractivity contribution in [3.63, 3.8) is 0 Å². The fourth-order valence-electron chi connectivity index (χ4n) is 0.754. The molecule has 0 amide bonds. The zero-order chi connectivity index (χ0) is 8.81. The second kappa shape index (κ2) is 4.48. The van der Waals surface area contributed by atoms with Gasteiger partial charge in [0, 0.05) is 0 Å². The molecule has 4 nitrogen and oxygen atoms in total. The Bertz CT molecular complexity index is 253. The minimum absolute atomic E-state index is 0.126. The first-order valence-electron chi connectivity index (χ1n) is 3.50. The predicted octanol–water partition coefficient (Wildman–Crippen LogP) is 0.688. The first kappa shape index (κ1) is 8.70. The van der Waals surface area contributed by atoms with Crippen molar-refractivity contribution in [1.82, 2.24) is 5.48 Å². The lowest BCUT2D eigenvalue weighted by molar-refractivity contribution is 0.221. The molecule has 0 saturated carbocycles. The topological polar surface area (TPSA) is 64.9 Å². The third kappa shape index (κ3) is 2.34. The van der Waals surface area contributed by atoms with E-state index < -0.39 is 0 Å². The zero-order valence-electron chi connectivity index (χ0n) is 6.44. The van der Waals surface area contributed by atoms with Gasteiger partial charge >= 0.3 is 0 Å². The second-order valence-corrected chi connectivity index (χ2v) is 2.16. The van der Waals surface area contributed by atoms with Gasteiger partial charge in [0.1, 0.15) is 6.61 Å². The zero-order valence-corrected chi connectivity index (χ0v) is 6.44. The SMILES string of the molecule is OCC(=Nc1ccccc1)NO. The Labute approximate surface area is 70.1 Å². The Morgan fingerprint density at radius 2 is 2.00 bits per heavy atom. The lowest BCUT2D eigenvalue weighted by Gasteiger charge is -1.99. The molecule has 12 heavy (non-hydrogen) atoms. The van der Waals surface area contributed by atoms with Crippen LogP contribution in [0.4, 0.5) is 5.69 Å². The summed E-state index contributed by atoms with van der Waals surface area (Å²) in [7, 11) is 0. The quantitative estimate of drug-likeness (QED) is 0.344. The molecule has 1 aromatic carbocycles. The van der Waals surface area contributed by atoms with Crippen LogP contribution >= 0.6 is 0 Å². The Kier molecular flexibility index (Phi) is 3.25. The number of benzene rings is 1. The summed E-state index contributed by atoms with van der Waals surface area (Å²) in [5.74, 6) is 0.126. The van der Waals surface area contributed by atoms with Gasteiger partial charge < -0.3 is 5.11 Å². The maximum absolute atomic E-state index is 8.63. The highest BCUT2D eigenvalue weighted by molar-refractivity contribution is 5.84. The molecule has 0 aromatic heterocycles. The summed E-state index contributed by atoms with van der Waals surface area (Å²) < 4.78 is 0. The molecule has 1 rings (SSSR count). The Morgan fingerprint density at radius 1 is 1.33 bits per heavy atom. The van der Waals surface area contributed by atoms with Crippen LogP contribution in [0.25, 0.3) is 0 Å². The molecule has 0 spiro atoms. The van der Waals surface area contributed by atoms with Gasteiger partial charge in [-0.05, 0) is 12.1 Å². The van der Waals surface area contributed by atoms with Crippen molar-refractivity contribution in [3.05, 3.63) is 30.3 Å². The molecule has 4 heteroatoms. The number of aliphatic imine (C=N–C) groups is 1. The van der Waals surface area contributed by atoms with Crippen LogP contribution in [0.15, 0.2) is 35.3 Å². The van der Waals surface area contributed by atoms with Crippen molar-refractivity contribution < 1.29 is 10.3 Å². The Balaban J connectivity index is 2.79. The highest BCUT2D eigenvalue weighted by Crippen LogP contribution is 2.08. The van der Waals surface area contributed by atoms with Crippen LogP contribution < -0.4 is 5.48 Å². The third-order valence-corrected chi connectivity index (χ3v) is 1.30. The number of hydroxylamine groups is 1. The number of nitrogens with zero attached hydrogens (tertiary/aromatic N) is 1. The molecule has 64 valence electrons. The number of hydrogen-bond donors (Lipinski definition) is 3. The second-order valence-electron chi connectivity index (χ2n) is 2.16. The van der Waals surface area contributed by atoms with Crippen LogP contribution in [0, 0.1) is 0 Å². The van der Waals surface area contributed by atoms with Crippen LogP contribution in [-0.4, -0.2) is 22.8 Å². The molecular weight excluding hydrogens is 156 g/mol. The van der Waals surface area contributed by atoms with Gasteiger partial charge in [0.15, 0.2) is 5.84 Å². The highest BCUT2D eigenvalue weighted by atomic mass is 16.5. The molecule has 3 N–H and O–H groups in total. The third-order valence-electron chi connectivity index (χ3n) is 1.30. The standard InChI is InChI=1S/C8H10N2O2/c11-6-8(10-12)9-7-4-2-1-3-5-7/h1-5,11-12H,6H2,(H,9,10). The van der Waals surface area contributed by atoms with Crippen molar-refractivity contribution in [2.24, 2.45) is 4.99 Å². The Hall–Kier alpha value is -1.39. The van der Waals surface area contributed by atoms with Crippen molar-refractivity contribution in [2.75, 3.05) is 6.61 Å². The van der Waals surface area contributed by atoms with Crippen molar-refractivity contribution in [1.29, 1.82) is 0 Å². The minimum Gasteiger partial charge on any atom is -0.388 e. The average molecular weight is 166 g/mol. The highest BCUT2D eigenvalue weighted by Gasteiger charge is 1.93. The molecule has 0 fully saturated rings. The molecule has 1 aromatic rings. The molecule has 0 aliphatic carbocycles. The van der Waals surface area contributed by atoms with Crippen molar-refractivity contribution in [3.8, 4) is 0 Å². The first-order valence-corrected chi connectivity index (χ1v) is 3.50. The summed E-state index contributed by atoms with van der Waals surface area (Å²) >= 11 is 0. The van der Waals surface area contributed by atoms with Crippen LogP contribution in [0.5, 0.6) is 0 Å². The molecule has 0 saturated heterocycles. The summed E-state index contributed by atoms with van der Waals surface area (Å²) in [6, 6.07) is 9.06. The van der Waals surface area contributed by atoms with Gasteiger partial charge in [0.2, 0.25) is 0 Å². The summed E-state index contributed by atoms with van der Waals surface area (Å²) in [6.45, 7) is -0.314. The molecule has 0 bridgehead atoms. The number of amidine groups is 1. The van der Waals surface area contributed by atoms with Crippen LogP contribution in [0.2, 0.25) is 0 Å². The lowest BCUT2D eigenvalue weighted by atomic mass is 10.3. The number of para-hydroxylation sites is 1. The predicted molar refractivity (Wildman–Crippen MR) is 45.5 cm³/mol. The maximum Gasteiger partial charge on any atom is 0.151 e. The fraction of sp³-hybridized carbons (Fsp3) is 0.125. The van der Waals surface area contributed by atoms with E-state index in [1.807, 2.05) is 18.2 Å². The summed E-state index contributed by atoms with van der Waals surface area (Å²) in [4.78, 5) is 3.90. The van der Waals surface area contributed by atoms with E-state index in [0.29, 0.717) is 5.69 Å². The number of aliphatic hydroxyl groups is 1. The van der Waals surface area contributed by atoms with E-state index in [0.717, 1.165) is 0 Å². The van der Waals surface area contributed by atoms with Crippen LogP contribution in [0.1, 0.15) is 0 Å². The van der Waals surface area contributed by atoms with Gasteiger partial charge in [-0.15, -0.1) is 0 Å². The van der Waals surface area contributed by atoms with E-state index in [1.54, 1.807) is 17.6 Å². The first-order chi connectivity index (χ1) is 5.86. The van der Waals surface area contributed by atoms with E-state index in [4.69, 9.17) is 10.3 Å². The molecule has 0 aliphatic heterocycles. The summed E-state index contributed by atoms with van der Waals surface area (Å²) in [5, 5.41) is 17.1. The normalized spacial score (nSPS) is 11.3. The Morgan fingerprint density at radius 3 is 2.50 bits per heavy atom.